The van der Waals surface area contributed by atoms with Crippen molar-refractivity contribution in [3.05, 3.63) is 17.6 Å². The van der Waals surface area contributed by atoms with E-state index < -0.39 is 0 Å². The Bertz CT molecular complexity index is 413. The molecule has 0 aliphatic heterocycles. The fourth-order valence-electron chi connectivity index (χ4n) is 2.22. The van der Waals surface area contributed by atoms with Gasteiger partial charge in [0.05, 0.1) is 6.61 Å². The molecule has 1 N–H and O–H groups in total. The Balaban J connectivity index is 1.88. The Morgan fingerprint density at radius 1 is 1.29 bits per heavy atom. The zero-order chi connectivity index (χ0) is 11.8. The summed E-state index contributed by atoms with van der Waals surface area (Å²) in [5.41, 5.74) is 1.04. The van der Waals surface area contributed by atoms with E-state index in [2.05, 4.69) is 14.9 Å². The van der Waals surface area contributed by atoms with E-state index >= 15 is 0 Å². The van der Waals surface area contributed by atoms with E-state index in [-0.39, 0.29) is 6.61 Å². The largest absolute Gasteiger partial charge is 0.395 e. The van der Waals surface area contributed by atoms with Gasteiger partial charge in [-0.05, 0) is 32.6 Å². The molecule has 0 unspecified atom stereocenters. The SMILES string of the molecule is Cc1cc(N(CCO)C2CC2)nc(C2CC2)n1. The van der Waals surface area contributed by atoms with Gasteiger partial charge in [0.15, 0.2) is 0 Å². The van der Waals surface area contributed by atoms with Crippen molar-refractivity contribution in [1.29, 1.82) is 0 Å². The van der Waals surface area contributed by atoms with Gasteiger partial charge < -0.3 is 10.0 Å². The number of anilines is 1. The van der Waals surface area contributed by atoms with E-state index in [1.165, 1.54) is 25.7 Å². The summed E-state index contributed by atoms with van der Waals surface area (Å²) in [4.78, 5) is 11.4. The van der Waals surface area contributed by atoms with E-state index in [1.807, 2.05) is 13.0 Å². The third-order valence-corrected chi connectivity index (χ3v) is 3.42. The first-order chi connectivity index (χ1) is 8.28. The predicted octanol–water partition coefficient (Wildman–Crippen LogP) is 1.62. The van der Waals surface area contributed by atoms with Gasteiger partial charge in [0.25, 0.3) is 0 Å². The van der Waals surface area contributed by atoms with Crippen LogP contribution < -0.4 is 4.90 Å². The van der Waals surface area contributed by atoms with Gasteiger partial charge in [-0.25, -0.2) is 9.97 Å². The van der Waals surface area contributed by atoms with Gasteiger partial charge in [-0.1, -0.05) is 0 Å². The predicted molar refractivity (Wildman–Crippen MR) is 66.2 cm³/mol. The average Bonchev–Trinajstić information content (AvgIpc) is 3.18. The smallest absolute Gasteiger partial charge is 0.134 e. The number of hydrogen-bond donors (Lipinski definition) is 1. The molecule has 17 heavy (non-hydrogen) atoms. The van der Waals surface area contributed by atoms with Crippen LogP contribution in [0.5, 0.6) is 0 Å². The fraction of sp³-hybridized carbons (Fsp3) is 0.692. The molecule has 0 aromatic carbocycles. The second-order valence-corrected chi connectivity index (χ2v) is 5.15. The van der Waals surface area contributed by atoms with E-state index in [9.17, 15) is 0 Å². The summed E-state index contributed by atoms with van der Waals surface area (Å²) in [6.45, 7) is 2.91. The Kier molecular flexibility index (Phi) is 2.74. The van der Waals surface area contributed by atoms with Crippen LogP contribution in [0.4, 0.5) is 5.82 Å². The van der Waals surface area contributed by atoms with Crippen LogP contribution in [-0.2, 0) is 0 Å². The molecule has 4 heteroatoms. The number of aliphatic hydroxyl groups is 1. The first-order valence-corrected chi connectivity index (χ1v) is 6.51. The molecule has 92 valence electrons. The van der Waals surface area contributed by atoms with Gasteiger partial charge in [0, 0.05) is 30.3 Å². The molecular weight excluding hydrogens is 214 g/mol. The van der Waals surface area contributed by atoms with E-state index in [0.29, 0.717) is 18.5 Å². The average molecular weight is 233 g/mol. The highest BCUT2D eigenvalue weighted by atomic mass is 16.3. The van der Waals surface area contributed by atoms with Crippen molar-refractivity contribution in [2.24, 2.45) is 0 Å². The molecule has 2 aliphatic rings. The van der Waals surface area contributed by atoms with Crippen LogP contribution >= 0.6 is 0 Å². The lowest BCUT2D eigenvalue weighted by molar-refractivity contribution is 0.301. The minimum absolute atomic E-state index is 0.193. The third-order valence-electron chi connectivity index (χ3n) is 3.42. The van der Waals surface area contributed by atoms with Gasteiger partial charge in [-0.3, -0.25) is 0 Å². The highest BCUT2D eigenvalue weighted by molar-refractivity contribution is 5.43. The van der Waals surface area contributed by atoms with Crippen molar-refractivity contribution in [2.75, 3.05) is 18.1 Å². The van der Waals surface area contributed by atoms with Crippen molar-refractivity contribution in [2.45, 2.75) is 44.6 Å². The normalized spacial score (nSPS) is 19.4. The molecule has 2 saturated carbocycles. The summed E-state index contributed by atoms with van der Waals surface area (Å²) in [6.07, 6.45) is 4.91. The van der Waals surface area contributed by atoms with Crippen LogP contribution in [0.1, 0.15) is 43.1 Å². The van der Waals surface area contributed by atoms with Crippen molar-refractivity contribution >= 4 is 5.82 Å². The topological polar surface area (TPSA) is 49.2 Å². The first kappa shape index (κ1) is 11.0. The molecule has 0 spiro atoms. The molecule has 0 atom stereocenters. The van der Waals surface area contributed by atoms with Crippen LogP contribution in [0.15, 0.2) is 6.07 Å². The van der Waals surface area contributed by atoms with Gasteiger partial charge >= 0.3 is 0 Å². The number of rotatable bonds is 5. The number of hydrogen-bond acceptors (Lipinski definition) is 4. The van der Waals surface area contributed by atoms with Crippen molar-refractivity contribution in [3.63, 3.8) is 0 Å². The third kappa shape index (κ3) is 2.41. The highest BCUT2D eigenvalue weighted by Crippen LogP contribution is 2.39. The lowest BCUT2D eigenvalue weighted by Crippen LogP contribution is -2.30. The van der Waals surface area contributed by atoms with Gasteiger partial charge in [0.1, 0.15) is 11.6 Å². The summed E-state index contributed by atoms with van der Waals surface area (Å²) in [7, 11) is 0. The number of aromatic nitrogens is 2. The Morgan fingerprint density at radius 3 is 2.65 bits per heavy atom. The van der Waals surface area contributed by atoms with E-state index in [4.69, 9.17) is 5.11 Å². The summed E-state index contributed by atoms with van der Waals surface area (Å²) < 4.78 is 0. The maximum Gasteiger partial charge on any atom is 0.134 e. The lowest BCUT2D eigenvalue weighted by atomic mass is 10.3. The van der Waals surface area contributed by atoms with Crippen molar-refractivity contribution < 1.29 is 5.11 Å². The minimum Gasteiger partial charge on any atom is -0.395 e. The summed E-state index contributed by atoms with van der Waals surface area (Å²) >= 11 is 0. The molecule has 1 aromatic heterocycles. The van der Waals surface area contributed by atoms with Gasteiger partial charge in [0.2, 0.25) is 0 Å². The molecule has 0 radical (unpaired) electrons. The number of aliphatic hydroxyl groups excluding tert-OH is 1. The van der Waals surface area contributed by atoms with E-state index in [1.54, 1.807) is 0 Å². The molecule has 0 saturated heterocycles. The fourth-order valence-corrected chi connectivity index (χ4v) is 2.22. The van der Waals surface area contributed by atoms with Crippen LogP contribution in [-0.4, -0.2) is 34.3 Å². The molecule has 2 aliphatic carbocycles. The Labute approximate surface area is 102 Å². The molecule has 1 aromatic rings. The van der Waals surface area contributed by atoms with Gasteiger partial charge in [-0.15, -0.1) is 0 Å². The summed E-state index contributed by atoms with van der Waals surface area (Å²) in [5, 5.41) is 9.15. The lowest BCUT2D eigenvalue weighted by Gasteiger charge is -2.23. The molecular formula is C13H19N3O. The van der Waals surface area contributed by atoms with Crippen LogP contribution in [0.2, 0.25) is 0 Å². The second-order valence-electron chi connectivity index (χ2n) is 5.15. The zero-order valence-electron chi connectivity index (χ0n) is 10.3. The van der Waals surface area contributed by atoms with Crippen molar-refractivity contribution in [3.8, 4) is 0 Å². The molecule has 0 amide bonds. The number of aryl methyl sites for hydroxylation is 1. The molecule has 3 rings (SSSR count). The maximum atomic E-state index is 9.15. The summed E-state index contributed by atoms with van der Waals surface area (Å²) in [6, 6.07) is 2.63. The molecule has 1 heterocycles. The standard InChI is InChI=1S/C13H19N3O/c1-9-8-12(15-13(14-9)10-2-3-10)16(6-7-17)11-4-5-11/h8,10-11,17H,2-7H2,1H3. The molecule has 4 nitrogen and oxygen atoms in total. The molecule has 0 bridgehead atoms. The monoisotopic (exact) mass is 233 g/mol. The van der Waals surface area contributed by atoms with E-state index in [0.717, 1.165) is 17.3 Å². The van der Waals surface area contributed by atoms with Crippen LogP contribution in [0.25, 0.3) is 0 Å². The Hall–Kier alpha value is -1.16. The quantitative estimate of drug-likeness (QED) is 0.839. The second kappa shape index (κ2) is 4.26. The zero-order valence-corrected chi connectivity index (χ0v) is 10.3. The minimum atomic E-state index is 0.193. The maximum absolute atomic E-state index is 9.15. The first-order valence-electron chi connectivity index (χ1n) is 6.51. The summed E-state index contributed by atoms with van der Waals surface area (Å²) in [5.74, 6) is 2.60. The van der Waals surface area contributed by atoms with Crippen molar-refractivity contribution in [1.82, 2.24) is 9.97 Å². The van der Waals surface area contributed by atoms with Crippen LogP contribution in [0, 0.1) is 6.92 Å². The Morgan fingerprint density at radius 2 is 2.06 bits per heavy atom. The highest BCUT2D eigenvalue weighted by Gasteiger charge is 2.32. The van der Waals surface area contributed by atoms with Crippen LogP contribution in [0.3, 0.4) is 0 Å². The number of nitrogens with zero attached hydrogens (tertiary/aromatic N) is 3. The molecule has 2 fully saturated rings. The van der Waals surface area contributed by atoms with Gasteiger partial charge in [-0.2, -0.15) is 0 Å².